The SMILES string of the molecule is Cc1[nH]c(=S)nc(-c2ccccc2)c1C(=O)O. The molecule has 0 radical (unpaired) electrons. The Morgan fingerprint density at radius 1 is 1.35 bits per heavy atom. The number of hydrogen-bond acceptors (Lipinski definition) is 3. The van der Waals surface area contributed by atoms with Crippen LogP contribution in [0.2, 0.25) is 0 Å². The molecule has 4 nitrogen and oxygen atoms in total. The number of nitrogens with one attached hydrogen (secondary N) is 1. The number of aryl methyl sites for hydroxylation is 1. The molecule has 0 spiro atoms. The Bertz CT molecular complexity index is 620. The number of carbonyl (C=O) groups is 1. The van der Waals surface area contributed by atoms with Gasteiger partial charge in [-0.25, -0.2) is 9.78 Å². The highest BCUT2D eigenvalue weighted by molar-refractivity contribution is 7.71. The first-order chi connectivity index (χ1) is 8.09. The minimum atomic E-state index is -1.01. The molecule has 0 saturated heterocycles. The van der Waals surface area contributed by atoms with Gasteiger partial charge in [-0.2, -0.15) is 0 Å². The maximum Gasteiger partial charge on any atom is 0.339 e. The lowest BCUT2D eigenvalue weighted by Gasteiger charge is -2.07. The predicted octanol–water partition coefficient (Wildman–Crippen LogP) is 2.81. The van der Waals surface area contributed by atoms with E-state index in [0.717, 1.165) is 5.56 Å². The van der Waals surface area contributed by atoms with Gasteiger partial charge in [0.05, 0.1) is 5.69 Å². The lowest BCUT2D eigenvalue weighted by Crippen LogP contribution is -2.07. The minimum Gasteiger partial charge on any atom is -0.478 e. The second-order valence-electron chi connectivity index (χ2n) is 3.56. The predicted molar refractivity (Wildman–Crippen MR) is 66.6 cm³/mol. The van der Waals surface area contributed by atoms with Crippen LogP contribution in [0.3, 0.4) is 0 Å². The lowest BCUT2D eigenvalue weighted by molar-refractivity contribution is 0.0696. The van der Waals surface area contributed by atoms with Crippen molar-refractivity contribution in [3.8, 4) is 11.3 Å². The first kappa shape index (κ1) is 11.5. The van der Waals surface area contributed by atoms with Crippen LogP contribution in [-0.2, 0) is 0 Å². The van der Waals surface area contributed by atoms with Crippen molar-refractivity contribution in [1.82, 2.24) is 9.97 Å². The topological polar surface area (TPSA) is 66.0 Å². The van der Waals surface area contributed by atoms with Crippen LogP contribution in [0.15, 0.2) is 30.3 Å². The Morgan fingerprint density at radius 3 is 2.59 bits per heavy atom. The number of rotatable bonds is 2. The summed E-state index contributed by atoms with van der Waals surface area (Å²) in [5.41, 5.74) is 1.81. The van der Waals surface area contributed by atoms with E-state index < -0.39 is 5.97 Å². The quantitative estimate of drug-likeness (QED) is 0.800. The molecule has 0 atom stereocenters. The van der Waals surface area contributed by atoms with E-state index >= 15 is 0 Å². The Morgan fingerprint density at radius 2 is 2.00 bits per heavy atom. The van der Waals surface area contributed by atoms with Gasteiger partial charge < -0.3 is 10.1 Å². The molecule has 86 valence electrons. The minimum absolute atomic E-state index is 0.157. The van der Waals surface area contributed by atoms with Gasteiger partial charge in [0, 0.05) is 11.3 Å². The van der Waals surface area contributed by atoms with Gasteiger partial charge in [0.15, 0.2) is 4.77 Å². The second-order valence-corrected chi connectivity index (χ2v) is 3.95. The van der Waals surface area contributed by atoms with Crippen LogP contribution in [-0.4, -0.2) is 21.0 Å². The molecular formula is C12H10N2O2S. The molecule has 1 aromatic heterocycles. The number of H-pyrrole nitrogens is 1. The molecule has 5 heteroatoms. The number of carboxylic acid groups (broad SMARTS) is 1. The van der Waals surface area contributed by atoms with Gasteiger partial charge >= 0.3 is 5.97 Å². The normalized spacial score (nSPS) is 10.2. The number of hydrogen-bond donors (Lipinski definition) is 2. The molecule has 0 aliphatic heterocycles. The zero-order chi connectivity index (χ0) is 12.4. The van der Waals surface area contributed by atoms with E-state index in [1.165, 1.54) is 0 Å². The summed E-state index contributed by atoms with van der Waals surface area (Å²) < 4.78 is 0.284. The smallest absolute Gasteiger partial charge is 0.339 e. The summed E-state index contributed by atoms with van der Waals surface area (Å²) in [7, 11) is 0. The standard InChI is InChI=1S/C12H10N2O2S/c1-7-9(11(15)16)10(14-12(17)13-7)8-5-3-2-4-6-8/h2-6H,1H3,(H,15,16)(H,13,14,17). The summed E-state index contributed by atoms with van der Waals surface area (Å²) in [5, 5.41) is 9.20. The molecule has 1 heterocycles. The Balaban J connectivity index is 2.77. The summed E-state index contributed by atoms with van der Waals surface area (Å²) in [6.45, 7) is 1.67. The molecule has 0 aliphatic rings. The fourth-order valence-corrected chi connectivity index (χ4v) is 1.90. The summed E-state index contributed by atoms with van der Waals surface area (Å²) in [6.07, 6.45) is 0. The highest BCUT2D eigenvalue weighted by atomic mass is 32.1. The molecule has 0 saturated carbocycles. The highest BCUT2D eigenvalue weighted by Gasteiger charge is 2.16. The van der Waals surface area contributed by atoms with Gasteiger partial charge in [-0.1, -0.05) is 30.3 Å². The van der Waals surface area contributed by atoms with Crippen LogP contribution >= 0.6 is 12.2 Å². The molecule has 0 bridgehead atoms. The van der Waals surface area contributed by atoms with Crippen molar-refractivity contribution in [3.05, 3.63) is 46.4 Å². The molecular weight excluding hydrogens is 236 g/mol. The molecule has 0 amide bonds. The van der Waals surface area contributed by atoms with Crippen molar-refractivity contribution in [2.24, 2.45) is 0 Å². The summed E-state index contributed by atoms with van der Waals surface area (Å²) >= 11 is 4.97. The van der Waals surface area contributed by atoms with Crippen molar-refractivity contribution < 1.29 is 9.90 Å². The van der Waals surface area contributed by atoms with Crippen LogP contribution in [0.4, 0.5) is 0 Å². The van der Waals surface area contributed by atoms with E-state index in [4.69, 9.17) is 12.2 Å². The fraction of sp³-hybridized carbons (Fsp3) is 0.0833. The number of carboxylic acids is 1. The van der Waals surface area contributed by atoms with Crippen molar-refractivity contribution in [2.45, 2.75) is 6.92 Å². The molecule has 2 aromatic rings. The van der Waals surface area contributed by atoms with Crippen molar-refractivity contribution in [2.75, 3.05) is 0 Å². The zero-order valence-corrected chi connectivity index (χ0v) is 9.91. The number of nitrogens with zero attached hydrogens (tertiary/aromatic N) is 1. The van der Waals surface area contributed by atoms with E-state index in [-0.39, 0.29) is 10.3 Å². The monoisotopic (exact) mass is 246 g/mol. The van der Waals surface area contributed by atoms with E-state index in [0.29, 0.717) is 11.4 Å². The average Bonchev–Trinajstić information content (AvgIpc) is 2.28. The number of aromatic carboxylic acids is 1. The number of aromatic amines is 1. The Labute approximate surface area is 103 Å². The lowest BCUT2D eigenvalue weighted by atomic mass is 10.1. The van der Waals surface area contributed by atoms with Crippen LogP contribution in [0, 0.1) is 11.7 Å². The van der Waals surface area contributed by atoms with Gasteiger partial charge in [-0.3, -0.25) is 0 Å². The van der Waals surface area contributed by atoms with Gasteiger partial charge in [0.2, 0.25) is 0 Å². The highest BCUT2D eigenvalue weighted by Crippen LogP contribution is 2.22. The molecule has 2 rings (SSSR count). The van der Waals surface area contributed by atoms with Crippen LogP contribution < -0.4 is 0 Å². The van der Waals surface area contributed by atoms with Crippen LogP contribution in [0.25, 0.3) is 11.3 Å². The molecule has 0 aliphatic carbocycles. The largest absolute Gasteiger partial charge is 0.478 e. The molecule has 17 heavy (non-hydrogen) atoms. The second kappa shape index (κ2) is 4.47. The molecule has 1 aromatic carbocycles. The van der Waals surface area contributed by atoms with Crippen molar-refractivity contribution in [1.29, 1.82) is 0 Å². The number of benzene rings is 1. The van der Waals surface area contributed by atoms with Crippen LogP contribution in [0.5, 0.6) is 0 Å². The maximum absolute atomic E-state index is 11.2. The Kier molecular flexibility index (Phi) is 3.01. The zero-order valence-electron chi connectivity index (χ0n) is 9.10. The van der Waals surface area contributed by atoms with Gasteiger partial charge in [0.25, 0.3) is 0 Å². The first-order valence-electron chi connectivity index (χ1n) is 4.99. The summed E-state index contributed by atoms with van der Waals surface area (Å²) in [6, 6.07) is 9.14. The fourth-order valence-electron chi connectivity index (χ4n) is 1.65. The molecule has 0 fully saturated rings. The third-order valence-corrected chi connectivity index (χ3v) is 2.57. The van der Waals surface area contributed by atoms with E-state index in [2.05, 4.69) is 9.97 Å². The Hall–Kier alpha value is -2.01. The summed E-state index contributed by atoms with van der Waals surface area (Å²) in [5.74, 6) is -1.01. The molecule has 2 N–H and O–H groups in total. The first-order valence-corrected chi connectivity index (χ1v) is 5.40. The van der Waals surface area contributed by atoms with E-state index in [1.807, 2.05) is 30.3 Å². The molecule has 0 unspecified atom stereocenters. The van der Waals surface area contributed by atoms with Gasteiger partial charge in [0.1, 0.15) is 5.56 Å². The van der Waals surface area contributed by atoms with E-state index in [9.17, 15) is 9.90 Å². The number of aromatic nitrogens is 2. The van der Waals surface area contributed by atoms with Crippen molar-refractivity contribution >= 4 is 18.2 Å². The maximum atomic E-state index is 11.2. The third kappa shape index (κ3) is 2.24. The average molecular weight is 246 g/mol. The van der Waals surface area contributed by atoms with Gasteiger partial charge in [-0.05, 0) is 19.1 Å². The van der Waals surface area contributed by atoms with Crippen LogP contribution in [0.1, 0.15) is 16.1 Å². The van der Waals surface area contributed by atoms with E-state index in [1.54, 1.807) is 6.92 Å². The summed E-state index contributed by atoms with van der Waals surface area (Å²) in [4.78, 5) is 18.1. The third-order valence-electron chi connectivity index (χ3n) is 2.38. The van der Waals surface area contributed by atoms with Gasteiger partial charge in [-0.15, -0.1) is 0 Å². The van der Waals surface area contributed by atoms with Crippen molar-refractivity contribution in [3.63, 3.8) is 0 Å².